The van der Waals surface area contributed by atoms with Crippen LogP contribution in [0, 0.1) is 0 Å². The molecule has 0 aliphatic carbocycles. The van der Waals surface area contributed by atoms with E-state index in [0.717, 1.165) is 0 Å². The molecule has 16 heavy (non-hydrogen) atoms. The molecule has 0 spiro atoms. The molecular formula is C7H17KNO6S. The second kappa shape index (κ2) is 9.33. The Hall–Kier alpha value is 1.39. The molecule has 0 aromatic carbocycles. The van der Waals surface area contributed by atoms with E-state index in [1.165, 1.54) is 0 Å². The zero-order valence-corrected chi connectivity index (χ0v) is 13.2. The Balaban J connectivity index is 0. The summed E-state index contributed by atoms with van der Waals surface area (Å²) in [5.74, 6) is -0.404. The summed E-state index contributed by atoms with van der Waals surface area (Å²) in [6.45, 7) is -1.24. The molecular weight excluding hydrogens is 265 g/mol. The molecule has 0 rings (SSSR count). The summed E-state index contributed by atoms with van der Waals surface area (Å²) in [6.07, 6.45) is 0.126. The van der Waals surface area contributed by atoms with Gasteiger partial charge in [-0.25, -0.2) is 0 Å². The van der Waals surface area contributed by atoms with Gasteiger partial charge in [0.05, 0.1) is 31.1 Å². The van der Waals surface area contributed by atoms with Crippen molar-refractivity contribution in [2.45, 2.75) is 12.0 Å². The molecule has 93 valence electrons. The van der Waals surface area contributed by atoms with Crippen LogP contribution in [-0.2, 0) is 10.1 Å². The van der Waals surface area contributed by atoms with Crippen molar-refractivity contribution in [2.75, 3.05) is 32.1 Å². The topological polar surface area (TPSA) is 127 Å². The maximum absolute atomic E-state index is 10.3. The van der Waals surface area contributed by atoms with Crippen molar-refractivity contribution in [1.29, 1.82) is 0 Å². The third kappa shape index (κ3) is 8.47. The molecule has 0 amide bonds. The van der Waals surface area contributed by atoms with Crippen LogP contribution in [0.15, 0.2) is 0 Å². The van der Waals surface area contributed by atoms with Crippen molar-refractivity contribution >= 4 is 61.5 Å². The summed E-state index contributed by atoms with van der Waals surface area (Å²) in [4.78, 5) is 0. The van der Waals surface area contributed by atoms with Gasteiger partial charge < -0.3 is 20.6 Å². The monoisotopic (exact) mass is 282 g/mol. The molecule has 1 radical (unpaired) electrons. The van der Waals surface area contributed by atoms with Gasteiger partial charge in [-0.1, -0.05) is 0 Å². The predicted molar refractivity (Wildman–Crippen MR) is 58.8 cm³/mol. The zero-order chi connectivity index (χ0) is 11.9. The summed E-state index contributed by atoms with van der Waals surface area (Å²) in [6, 6.07) is 0. The van der Waals surface area contributed by atoms with E-state index in [4.69, 9.17) is 19.9 Å². The van der Waals surface area contributed by atoms with Crippen molar-refractivity contribution in [1.82, 2.24) is 5.32 Å². The first-order chi connectivity index (χ1) is 6.89. The Labute approximate surface area is 137 Å². The molecule has 0 saturated carbocycles. The second-order valence-electron chi connectivity index (χ2n) is 3.32. The van der Waals surface area contributed by atoms with Crippen LogP contribution in [0.5, 0.6) is 0 Å². The summed E-state index contributed by atoms with van der Waals surface area (Å²) in [5, 5.41) is 29.3. The van der Waals surface area contributed by atoms with Gasteiger partial charge in [0.2, 0.25) is 0 Å². The van der Waals surface area contributed by atoms with Crippen LogP contribution in [0.1, 0.15) is 6.42 Å². The Morgan fingerprint density at radius 3 is 1.81 bits per heavy atom. The van der Waals surface area contributed by atoms with Gasteiger partial charge in [-0.3, -0.25) is 4.55 Å². The number of nitrogens with one attached hydrogen (secondary N) is 1. The molecule has 0 aromatic heterocycles. The van der Waals surface area contributed by atoms with E-state index in [1.54, 1.807) is 0 Å². The first-order valence-electron chi connectivity index (χ1n) is 4.42. The van der Waals surface area contributed by atoms with E-state index < -0.39 is 41.2 Å². The number of aliphatic hydroxyl groups is 3. The Morgan fingerprint density at radius 1 is 1.06 bits per heavy atom. The molecule has 0 aromatic rings. The Kier molecular flexibility index (Phi) is 11.5. The third-order valence-corrected chi connectivity index (χ3v) is 2.79. The number of hydrogen-bond donors (Lipinski definition) is 5. The third-order valence-electron chi connectivity index (χ3n) is 1.99. The van der Waals surface area contributed by atoms with Crippen molar-refractivity contribution < 1.29 is 28.3 Å². The summed E-state index contributed by atoms with van der Waals surface area (Å²) >= 11 is 0. The molecule has 0 heterocycles. The van der Waals surface area contributed by atoms with E-state index in [-0.39, 0.29) is 64.4 Å². The molecule has 7 nitrogen and oxygen atoms in total. The molecule has 9 heteroatoms. The average molecular weight is 282 g/mol. The van der Waals surface area contributed by atoms with E-state index in [9.17, 15) is 8.42 Å². The molecule has 0 fully saturated rings. The van der Waals surface area contributed by atoms with Gasteiger partial charge in [0.1, 0.15) is 0 Å². The number of hydrogen-bond acceptors (Lipinski definition) is 6. The first kappa shape index (κ1) is 19.7. The minimum atomic E-state index is -3.99. The maximum Gasteiger partial charge on any atom is 0.264 e. The largest absolute Gasteiger partial charge is 0.394 e. The zero-order valence-electron chi connectivity index (χ0n) is 9.26. The van der Waals surface area contributed by atoms with Crippen molar-refractivity contribution in [2.24, 2.45) is 0 Å². The normalized spacial score (nSPS) is 12.2. The van der Waals surface area contributed by atoms with E-state index in [1.807, 2.05) is 0 Å². The van der Waals surface area contributed by atoms with Crippen LogP contribution in [0.3, 0.4) is 0 Å². The van der Waals surface area contributed by atoms with Gasteiger partial charge in [0.25, 0.3) is 10.1 Å². The van der Waals surface area contributed by atoms with Gasteiger partial charge in [0, 0.05) is 51.4 Å². The SMILES string of the molecule is O=S(=O)(O)CCCNC(CO)(CO)CO.[K]. The molecule has 5 N–H and O–H groups in total. The summed E-state index contributed by atoms with van der Waals surface area (Å²) < 4.78 is 29.1. The fourth-order valence-corrected chi connectivity index (χ4v) is 1.43. The summed E-state index contributed by atoms with van der Waals surface area (Å²) in [7, 11) is -3.99. The predicted octanol–water partition coefficient (Wildman–Crippen LogP) is -2.81. The quantitative estimate of drug-likeness (QED) is 0.185. The minimum Gasteiger partial charge on any atom is -0.394 e. The van der Waals surface area contributed by atoms with Crippen LogP contribution >= 0.6 is 0 Å². The van der Waals surface area contributed by atoms with Crippen molar-refractivity contribution in [3.8, 4) is 0 Å². The van der Waals surface area contributed by atoms with Gasteiger partial charge in [-0.05, 0) is 13.0 Å². The summed E-state index contributed by atoms with van der Waals surface area (Å²) in [5.41, 5.74) is -1.21. The standard InChI is InChI=1S/C7H17NO6S.K/c9-4-7(5-10,6-11)8-2-1-3-15(12,13)14;/h8-11H,1-6H2,(H,12,13,14);. The first-order valence-corrected chi connectivity index (χ1v) is 6.03. The molecule has 0 atom stereocenters. The molecule has 0 aliphatic rings. The van der Waals surface area contributed by atoms with Gasteiger partial charge >= 0.3 is 0 Å². The Morgan fingerprint density at radius 2 is 1.50 bits per heavy atom. The Bertz CT molecular complexity index is 258. The fourth-order valence-electron chi connectivity index (χ4n) is 0.926. The van der Waals surface area contributed by atoms with Crippen molar-refractivity contribution in [3.63, 3.8) is 0 Å². The fraction of sp³-hybridized carbons (Fsp3) is 1.00. The van der Waals surface area contributed by atoms with E-state index in [2.05, 4.69) is 5.32 Å². The number of rotatable bonds is 8. The van der Waals surface area contributed by atoms with Gasteiger partial charge in [-0.2, -0.15) is 8.42 Å². The minimum absolute atomic E-state index is 0. The molecule has 0 aliphatic heterocycles. The van der Waals surface area contributed by atoms with Crippen LogP contribution < -0.4 is 5.32 Å². The van der Waals surface area contributed by atoms with Gasteiger partial charge in [-0.15, -0.1) is 0 Å². The van der Waals surface area contributed by atoms with E-state index in [0.29, 0.717) is 0 Å². The van der Waals surface area contributed by atoms with Crippen LogP contribution in [-0.4, -0.2) is 117 Å². The molecule has 0 bridgehead atoms. The van der Waals surface area contributed by atoms with Crippen LogP contribution in [0.4, 0.5) is 0 Å². The van der Waals surface area contributed by atoms with Gasteiger partial charge in [0.15, 0.2) is 0 Å². The molecule has 0 unspecified atom stereocenters. The van der Waals surface area contributed by atoms with Crippen LogP contribution in [0.25, 0.3) is 0 Å². The molecule has 0 saturated heterocycles. The average Bonchev–Trinajstić information content (AvgIpc) is 2.18. The second-order valence-corrected chi connectivity index (χ2v) is 4.89. The number of aliphatic hydroxyl groups excluding tert-OH is 3. The van der Waals surface area contributed by atoms with Crippen molar-refractivity contribution in [3.05, 3.63) is 0 Å². The van der Waals surface area contributed by atoms with E-state index >= 15 is 0 Å². The maximum atomic E-state index is 10.3. The van der Waals surface area contributed by atoms with Crippen LogP contribution in [0.2, 0.25) is 0 Å². The smallest absolute Gasteiger partial charge is 0.264 e.